The van der Waals surface area contributed by atoms with E-state index in [1.54, 1.807) is 0 Å². The third-order valence-electron chi connectivity index (χ3n) is 5.34. The first-order valence-electron chi connectivity index (χ1n) is 9.95. The van der Waals surface area contributed by atoms with Gasteiger partial charge in [0.2, 0.25) is 7.29 Å². The molecule has 0 spiro atoms. The summed E-state index contributed by atoms with van der Waals surface area (Å²) < 4.78 is 14.8. The molecule has 0 amide bonds. The van der Waals surface area contributed by atoms with Crippen molar-refractivity contribution < 1.29 is 4.57 Å². The van der Waals surface area contributed by atoms with Crippen molar-refractivity contribution in [3.05, 3.63) is 95.6 Å². The van der Waals surface area contributed by atoms with E-state index in [4.69, 9.17) is 0 Å². The fourth-order valence-electron chi connectivity index (χ4n) is 3.86. The molecule has 0 aromatic heterocycles. The highest BCUT2D eigenvalue weighted by Gasteiger charge is 2.41. The highest BCUT2D eigenvalue weighted by molar-refractivity contribution is 7.77. The van der Waals surface area contributed by atoms with Gasteiger partial charge in [-0.15, -0.1) is 0 Å². The largest absolute Gasteiger partial charge is 0.296 e. The molecule has 0 saturated carbocycles. The Hall–Kier alpha value is -2.66. The van der Waals surface area contributed by atoms with E-state index in [1.807, 2.05) is 99.6 Å². The lowest BCUT2D eigenvalue weighted by Gasteiger charge is -2.34. The number of hydrogen-bond donors (Lipinski definition) is 1. The zero-order chi connectivity index (χ0) is 20.9. The second-order valence-electron chi connectivity index (χ2n) is 7.43. The highest BCUT2D eigenvalue weighted by atomic mass is 31.2. The van der Waals surface area contributed by atoms with E-state index in [9.17, 15) is 9.83 Å². The molecule has 3 aromatic carbocycles. The molecule has 4 heteroatoms. The van der Waals surface area contributed by atoms with Crippen LogP contribution in [0, 0.1) is 25.2 Å². The van der Waals surface area contributed by atoms with Gasteiger partial charge in [0.15, 0.2) is 0 Å². The maximum atomic E-state index is 14.8. The Morgan fingerprint density at radius 1 is 0.862 bits per heavy atom. The summed E-state index contributed by atoms with van der Waals surface area (Å²) in [6.07, 6.45) is 1.35. The Bertz CT molecular complexity index is 1020. The number of nitriles is 1. The summed E-state index contributed by atoms with van der Waals surface area (Å²) in [5, 5.41) is 15.2. The van der Waals surface area contributed by atoms with Gasteiger partial charge in [-0.1, -0.05) is 80.1 Å². The first kappa shape index (κ1) is 21.1. The topological polar surface area (TPSA) is 52.9 Å². The summed E-state index contributed by atoms with van der Waals surface area (Å²) in [7, 11) is -3.31. The van der Waals surface area contributed by atoms with Gasteiger partial charge in [-0.2, -0.15) is 5.26 Å². The molecule has 0 radical (unpaired) electrons. The molecule has 148 valence electrons. The van der Waals surface area contributed by atoms with E-state index in [2.05, 4.69) is 11.2 Å². The van der Waals surface area contributed by atoms with Crippen LogP contribution in [0.5, 0.6) is 0 Å². The molecule has 0 aliphatic carbocycles. The van der Waals surface area contributed by atoms with Crippen LogP contribution in [0.2, 0.25) is 0 Å². The van der Waals surface area contributed by atoms with Gasteiger partial charge in [0.1, 0.15) is 5.54 Å². The Labute approximate surface area is 173 Å². The number of nitrogens with one attached hydrogen (secondary N) is 1. The highest BCUT2D eigenvalue weighted by Crippen LogP contribution is 2.46. The number of aryl methyl sites for hydroxylation is 2. The van der Waals surface area contributed by atoms with Crippen molar-refractivity contribution in [2.45, 2.75) is 39.2 Å². The van der Waals surface area contributed by atoms with Crippen molar-refractivity contribution in [2.24, 2.45) is 0 Å². The molecular formula is C25H27N2OP. The first-order valence-corrected chi connectivity index (χ1v) is 11.7. The SMILES string of the molecule is CCCC(C#N)(NP(=O)(c1ccccc1C)c1ccccc1C)c1ccccc1. The Morgan fingerprint density at radius 3 is 1.79 bits per heavy atom. The van der Waals surface area contributed by atoms with E-state index < -0.39 is 12.8 Å². The minimum absolute atomic E-state index is 0.565. The molecule has 0 heterocycles. The van der Waals surface area contributed by atoms with Crippen LogP contribution in [0.1, 0.15) is 36.5 Å². The number of hydrogen-bond acceptors (Lipinski definition) is 2. The van der Waals surface area contributed by atoms with E-state index in [0.29, 0.717) is 6.42 Å². The zero-order valence-corrected chi connectivity index (χ0v) is 18.1. The summed E-state index contributed by atoms with van der Waals surface area (Å²) in [6.45, 7) is 5.99. The van der Waals surface area contributed by atoms with Crippen molar-refractivity contribution in [2.75, 3.05) is 0 Å². The Morgan fingerprint density at radius 2 is 1.34 bits per heavy atom. The van der Waals surface area contributed by atoms with Crippen molar-refractivity contribution in [1.82, 2.24) is 5.09 Å². The third kappa shape index (κ3) is 4.06. The maximum absolute atomic E-state index is 14.8. The zero-order valence-electron chi connectivity index (χ0n) is 17.2. The number of nitrogens with zero attached hydrogens (tertiary/aromatic N) is 1. The second-order valence-corrected chi connectivity index (χ2v) is 9.83. The molecule has 29 heavy (non-hydrogen) atoms. The molecule has 3 aromatic rings. The molecule has 0 aliphatic heterocycles. The summed E-state index contributed by atoms with van der Waals surface area (Å²) in [6, 6.07) is 27.6. The predicted molar refractivity (Wildman–Crippen MR) is 121 cm³/mol. The minimum atomic E-state index is -3.31. The van der Waals surface area contributed by atoms with E-state index >= 15 is 0 Å². The van der Waals surface area contributed by atoms with Crippen LogP contribution < -0.4 is 15.7 Å². The van der Waals surface area contributed by atoms with Crippen LogP contribution in [0.15, 0.2) is 78.9 Å². The minimum Gasteiger partial charge on any atom is -0.296 e. The van der Waals surface area contributed by atoms with Gasteiger partial charge in [-0.3, -0.25) is 4.57 Å². The van der Waals surface area contributed by atoms with Crippen LogP contribution in [0.4, 0.5) is 0 Å². The van der Waals surface area contributed by atoms with E-state index in [-0.39, 0.29) is 0 Å². The number of benzene rings is 3. The molecule has 3 nitrogen and oxygen atoms in total. The number of rotatable bonds is 7. The maximum Gasteiger partial charge on any atom is 0.206 e. The molecule has 3 rings (SSSR count). The van der Waals surface area contributed by atoms with Crippen LogP contribution in [0.25, 0.3) is 0 Å². The third-order valence-corrected chi connectivity index (χ3v) is 8.40. The predicted octanol–water partition coefficient (Wildman–Crippen LogP) is 5.34. The standard InChI is InChI=1S/C25H27N2OP/c1-4-18-25(19-26,22-14-6-5-7-15-22)27-29(28,23-16-10-8-12-20(23)2)24-17-11-9-13-21(24)3/h5-17H,4,18H2,1-3H3,(H,27,28). The fraction of sp³-hybridized carbons (Fsp3) is 0.240. The van der Waals surface area contributed by atoms with Crippen LogP contribution in [-0.2, 0) is 10.1 Å². The summed E-state index contributed by atoms with van der Waals surface area (Å²) in [4.78, 5) is 0. The lowest BCUT2D eigenvalue weighted by molar-refractivity contribution is 0.460. The average molecular weight is 402 g/mol. The first-order chi connectivity index (χ1) is 14.0. The van der Waals surface area contributed by atoms with Crippen molar-refractivity contribution >= 4 is 17.9 Å². The average Bonchev–Trinajstić information content (AvgIpc) is 2.74. The molecule has 0 bridgehead atoms. The monoisotopic (exact) mass is 402 g/mol. The van der Waals surface area contributed by atoms with Gasteiger partial charge >= 0.3 is 0 Å². The van der Waals surface area contributed by atoms with Gasteiger partial charge in [-0.05, 0) is 49.1 Å². The second kappa shape index (κ2) is 8.78. The molecule has 0 saturated heterocycles. The van der Waals surface area contributed by atoms with E-state index in [1.165, 1.54) is 0 Å². The molecule has 0 fully saturated rings. The molecular weight excluding hydrogens is 375 g/mol. The van der Waals surface area contributed by atoms with Gasteiger partial charge in [-0.25, -0.2) is 5.09 Å². The van der Waals surface area contributed by atoms with Gasteiger partial charge < -0.3 is 0 Å². The van der Waals surface area contributed by atoms with E-state index in [0.717, 1.165) is 33.7 Å². The Kier molecular flexibility index (Phi) is 6.38. The lowest BCUT2D eigenvalue weighted by atomic mass is 9.88. The quantitative estimate of drug-likeness (QED) is 0.543. The van der Waals surface area contributed by atoms with Crippen molar-refractivity contribution in [1.29, 1.82) is 5.26 Å². The van der Waals surface area contributed by atoms with Crippen molar-refractivity contribution in [3.63, 3.8) is 0 Å². The summed E-state index contributed by atoms with van der Waals surface area (Å²) in [5.74, 6) is 0. The molecule has 1 unspecified atom stereocenters. The molecule has 1 atom stereocenters. The summed E-state index contributed by atoms with van der Waals surface area (Å²) in [5.41, 5.74) is 1.69. The van der Waals surface area contributed by atoms with Crippen LogP contribution >= 0.6 is 7.29 Å². The van der Waals surface area contributed by atoms with Crippen LogP contribution in [-0.4, -0.2) is 0 Å². The van der Waals surface area contributed by atoms with Gasteiger partial charge in [0.25, 0.3) is 0 Å². The fourth-order valence-corrected chi connectivity index (χ4v) is 6.92. The van der Waals surface area contributed by atoms with Gasteiger partial charge in [0.05, 0.1) is 6.07 Å². The smallest absolute Gasteiger partial charge is 0.206 e. The Balaban J connectivity index is 2.27. The molecule has 0 aliphatic rings. The summed E-state index contributed by atoms with van der Waals surface area (Å²) >= 11 is 0. The molecule has 1 N–H and O–H groups in total. The van der Waals surface area contributed by atoms with Crippen molar-refractivity contribution in [3.8, 4) is 6.07 Å². The van der Waals surface area contributed by atoms with Crippen LogP contribution in [0.3, 0.4) is 0 Å². The van der Waals surface area contributed by atoms with Gasteiger partial charge in [0, 0.05) is 10.6 Å². The lowest BCUT2D eigenvalue weighted by Crippen LogP contribution is -2.44. The normalized spacial score (nSPS) is 13.4.